The Bertz CT molecular complexity index is 937. The lowest BCUT2D eigenvalue weighted by molar-refractivity contribution is -0.276. The first-order valence-corrected chi connectivity index (χ1v) is 9.68. The summed E-state index contributed by atoms with van der Waals surface area (Å²) in [5.41, 5.74) is 3.84. The van der Waals surface area contributed by atoms with Crippen LogP contribution >= 0.6 is 0 Å². The molecule has 0 aliphatic carbocycles. The van der Waals surface area contributed by atoms with Crippen molar-refractivity contribution in [2.75, 3.05) is 36.0 Å². The van der Waals surface area contributed by atoms with Gasteiger partial charge in [0.05, 0.1) is 5.56 Å². The lowest BCUT2D eigenvalue weighted by Crippen LogP contribution is -2.35. The standard InChI is InChI=1S/C18H21F6N7O/c1-2-31-7-3-4-11(31)9-26-15-28-14(25)29-16(30-15)27-10-5-6-13(32-18(22,23)24)12(8-10)17(19,20)21/h5-6,8,11H,2-4,7,9H2,1H3,(H4,25,26,27,28,29,30). The number of ether oxygens (including phenoxy) is 1. The molecule has 0 radical (unpaired) electrons. The van der Waals surface area contributed by atoms with Crippen LogP contribution in [0.1, 0.15) is 25.3 Å². The van der Waals surface area contributed by atoms with Crippen molar-refractivity contribution in [2.24, 2.45) is 0 Å². The molecule has 1 saturated heterocycles. The van der Waals surface area contributed by atoms with Gasteiger partial charge >= 0.3 is 12.5 Å². The number of nitrogens with one attached hydrogen (secondary N) is 2. The van der Waals surface area contributed by atoms with Gasteiger partial charge in [0.25, 0.3) is 0 Å². The molecule has 2 heterocycles. The summed E-state index contributed by atoms with van der Waals surface area (Å²) in [5, 5.41) is 5.55. The van der Waals surface area contributed by atoms with E-state index in [4.69, 9.17) is 5.73 Å². The number of halogens is 6. The monoisotopic (exact) mass is 465 g/mol. The molecule has 1 fully saturated rings. The molecule has 0 saturated carbocycles. The summed E-state index contributed by atoms with van der Waals surface area (Å²) in [4.78, 5) is 14.1. The number of anilines is 4. The zero-order valence-electron chi connectivity index (χ0n) is 16.9. The van der Waals surface area contributed by atoms with E-state index in [2.05, 4.69) is 42.1 Å². The second-order valence-corrected chi connectivity index (χ2v) is 7.03. The third-order valence-electron chi connectivity index (χ3n) is 4.82. The lowest BCUT2D eigenvalue weighted by atomic mass is 10.1. The van der Waals surface area contributed by atoms with E-state index in [1.807, 2.05) is 0 Å². The SMILES string of the molecule is CCN1CCCC1CNc1nc(N)nc(Nc2ccc(OC(F)(F)F)c(C(F)(F)F)c2)n1. The zero-order valence-corrected chi connectivity index (χ0v) is 16.9. The molecule has 1 aromatic carbocycles. The fraction of sp³-hybridized carbons (Fsp3) is 0.500. The third-order valence-corrected chi connectivity index (χ3v) is 4.82. The molecule has 1 aliphatic heterocycles. The molecule has 4 N–H and O–H groups in total. The maximum Gasteiger partial charge on any atom is 0.573 e. The van der Waals surface area contributed by atoms with Gasteiger partial charge in [-0.2, -0.15) is 28.1 Å². The van der Waals surface area contributed by atoms with Gasteiger partial charge in [0, 0.05) is 18.3 Å². The van der Waals surface area contributed by atoms with Crippen molar-refractivity contribution in [3.63, 3.8) is 0 Å². The molecule has 3 rings (SSSR count). The van der Waals surface area contributed by atoms with Crippen molar-refractivity contribution in [3.05, 3.63) is 23.8 Å². The maximum atomic E-state index is 13.2. The van der Waals surface area contributed by atoms with Crippen LogP contribution < -0.4 is 21.1 Å². The predicted octanol–water partition coefficient (Wildman–Crippen LogP) is 4.01. The van der Waals surface area contributed by atoms with Crippen LogP contribution in [0.5, 0.6) is 5.75 Å². The smallest absolute Gasteiger partial charge is 0.405 e. The normalized spacial score (nSPS) is 17.4. The lowest BCUT2D eigenvalue weighted by Gasteiger charge is -2.22. The number of aromatic nitrogens is 3. The molecule has 1 unspecified atom stereocenters. The highest BCUT2D eigenvalue weighted by Gasteiger charge is 2.39. The van der Waals surface area contributed by atoms with Crippen molar-refractivity contribution < 1.29 is 31.1 Å². The largest absolute Gasteiger partial charge is 0.573 e. The van der Waals surface area contributed by atoms with Gasteiger partial charge in [-0.3, -0.25) is 4.90 Å². The molecule has 1 aromatic heterocycles. The average molecular weight is 465 g/mol. The van der Waals surface area contributed by atoms with Crippen LogP contribution in [-0.4, -0.2) is 51.9 Å². The molecule has 8 nitrogen and oxygen atoms in total. The van der Waals surface area contributed by atoms with Gasteiger partial charge in [-0.1, -0.05) is 6.92 Å². The number of rotatable bonds is 7. The van der Waals surface area contributed by atoms with E-state index < -0.39 is 23.9 Å². The van der Waals surface area contributed by atoms with Crippen LogP contribution in [0.25, 0.3) is 0 Å². The van der Waals surface area contributed by atoms with Crippen LogP contribution in [0, 0.1) is 0 Å². The van der Waals surface area contributed by atoms with Crippen LogP contribution in [0.4, 0.5) is 49.9 Å². The van der Waals surface area contributed by atoms with E-state index in [1.54, 1.807) is 0 Å². The van der Waals surface area contributed by atoms with Crippen LogP contribution in [0.3, 0.4) is 0 Å². The van der Waals surface area contributed by atoms with Crippen LogP contribution in [-0.2, 0) is 6.18 Å². The number of hydrogen-bond donors (Lipinski definition) is 3. The van der Waals surface area contributed by atoms with E-state index in [9.17, 15) is 26.3 Å². The minimum absolute atomic E-state index is 0.121. The summed E-state index contributed by atoms with van der Waals surface area (Å²) in [6.45, 7) is 4.48. The first-order chi connectivity index (χ1) is 14.9. The van der Waals surface area contributed by atoms with E-state index in [-0.39, 0.29) is 29.6 Å². The van der Waals surface area contributed by atoms with Gasteiger partial charge in [-0.15, -0.1) is 13.2 Å². The summed E-state index contributed by atoms with van der Waals surface area (Å²) < 4.78 is 80.4. The molecule has 14 heteroatoms. The van der Waals surface area contributed by atoms with Crippen molar-refractivity contribution in [3.8, 4) is 5.75 Å². The summed E-state index contributed by atoms with van der Waals surface area (Å²) in [6.07, 6.45) is -8.29. The number of benzene rings is 1. The summed E-state index contributed by atoms with van der Waals surface area (Å²) in [5.74, 6) is -1.60. The van der Waals surface area contributed by atoms with E-state index in [0.717, 1.165) is 32.0 Å². The average Bonchev–Trinajstić information content (AvgIpc) is 3.13. The number of likely N-dealkylation sites (tertiary alicyclic amines) is 1. The number of nitrogen functional groups attached to an aromatic ring is 1. The summed E-state index contributed by atoms with van der Waals surface area (Å²) in [7, 11) is 0. The Morgan fingerprint density at radius 2 is 1.84 bits per heavy atom. The Kier molecular flexibility index (Phi) is 6.81. The van der Waals surface area contributed by atoms with Crippen LogP contribution in [0.15, 0.2) is 18.2 Å². The van der Waals surface area contributed by atoms with Gasteiger partial charge in [-0.25, -0.2) is 0 Å². The van der Waals surface area contributed by atoms with E-state index in [0.29, 0.717) is 18.7 Å². The highest BCUT2D eigenvalue weighted by molar-refractivity contribution is 5.59. The van der Waals surface area contributed by atoms with Gasteiger partial charge in [0.2, 0.25) is 17.8 Å². The molecule has 32 heavy (non-hydrogen) atoms. The molecule has 1 atom stereocenters. The number of hydrogen-bond acceptors (Lipinski definition) is 8. The molecular formula is C18H21F6N7O. The second-order valence-electron chi connectivity index (χ2n) is 7.03. The summed E-state index contributed by atoms with van der Waals surface area (Å²) >= 11 is 0. The molecule has 1 aliphatic rings. The fourth-order valence-corrected chi connectivity index (χ4v) is 3.45. The second kappa shape index (κ2) is 9.22. The number of nitrogens with two attached hydrogens (primary N) is 1. The van der Waals surface area contributed by atoms with Gasteiger partial charge < -0.3 is 21.1 Å². The Morgan fingerprint density at radius 1 is 1.12 bits per heavy atom. The molecule has 176 valence electrons. The minimum Gasteiger partial charge on any atom is -0.405 e. The number of likely N-dealkylation sites (N-methyl/N-ethyl adjacent to an activating group) is 1. The van der Waals surface area contributed by atoms with Crippen molar-refractivity contribution in [1.29, 1.82) is 0 Å². The molecular weight excluding hydrogens is 444 g/mol. The highest BCUT2D eigenvalue weighted by atomic mass is 19.4. The van der Waals surface area contributed by atoms with Gasteiger partial charge in [-0.05, 0) is 44.1 Å². The van der Waals surface area contributed by atoms with Crippen molar-refractivity contribution >= 4 is 23.5 Å². The first kappa shape index (κ1) is 23.6. The quantitative estimate of drug-likeness (QED) is 0.528. The molecule has 2 aromatic rings. The Balaban J connectivity index is 1.77. The predicted molar refractivity (Wildman–Crippen MR) is 104 cm³/mol. The Hall–Kier alpha value is -3.03. The Labute approximate surface area is 179 Å². The fourth-order valence-electron chi connectivity index (χ4n) is 3.45. The zero-order chi connectivity index (χ0) is 23.5. The number of nitrogens with zero attached hydrogens (tertiary/aromatic N) is 4. The van der Waals surface area contributed by atoms with E-state index >= 15 is 0 Å². The highest BCUT2D eigenvalue weighted by Crippen LogP contribution is 2.40. The molecule has 0 amide bonds. The third kappa shape index (κ3) is 6.24. The maximum absolute atomic E-state index is 13.2. The number of alkyl halides is 6. The van der Waals surface area contributed by atoms with Crippen LogP contribution in [0.2, 0.25) is 0 Å². The first-order valence-electron chi connectivity index (χ1n) is 9.68. The minimum atomic E-state index is -5.27. The topological polar surface area (TPSA) is 101 Å². The Morgan fingerprint density at radius 3 is 2.50 bits per heavy atom. The molecule has 0 spiro atoms. The van der Waals surface area contributed by atoms with Crippen molar-refractivity contribution in [2.45, 2.75) is 38.3 Å². The van der Waals surface area contributed by atoms with E-state index in [1.165, 1.54) is 0 Å². The van der Waals surface area contributed by atoms with Gasteiger partial charge in [0.15, 0.2) is 0 Å². The molecule has 0 bridgehead atoms. The summed E-state index contributed by atoms with van der Waals surface area (Å²) in [6, 6.07) is 2.28. The van der Waals surface area contributed by atoms with Gasteiger partial charge in [0.1, 0.15) is 5.75 Å². The van der Waals surface area contributed by atoms with Crippen molar-refractivity contribution in [1.82, 2.24) is 19.9 Å².